The number of halogens is 1. The molecule has 0 saturated heterocycles. The van der Waals surface area contributed by atoms with Crippen LogP contribution in [0.4, 0.5) is 4.39 Å². The number of hydrogen-bond donors (Lipinski definition) is 1. The van der Waals surface area contributed by atoms with Crippen LogP contribution in [0.2, 0.25) is 0 Å². The highest BCUT2D eigenvalue weighted by molar-refractivity contribution is 5.85. The predicted molar refractivity (Wildman–Crippen MR) is 61.5 cm³/mol. The van der Waals surface area contributed by atoms with Gasteiger partial charge in [-0.3, -0.25) is 0 Å². The molecule has 0 amide bonds. The highest BCUT2D eigenvalue weighted by atomic mass is 19.1. The highest BCUT2D eigenvalue weighted by Gasteiger charge is 2.01. The van der Waals surface area contributed by atoms with Crippen molar-refractivity contribution < 1.29 is 4.39 Å². The summed E-state index contributed by atoms with van der Waals surface area (Å²) < 4.78 is 13.0. The zero-order valence-electron chi connectivity index (χ0n) is 8.76. The zero-order chi connectivity index (χ0) is 10.7. The summed E-state index contributed by atoms with van der Waals surface area (Å²) in [6.07, 6.45) is 0.972. The standard InChI is InChI=1S/C13H14FN/c1-15-8-7-10-3-2-4-11-9-12(14)5-6-13(10)11/h2-6,9,15H,7-8H2,1H3. The van der Waals surface area contributed by atoms with Crippen LogP contribution in [-0.4, -0.2) is 13.6 Å². The SMILES string of the molecule is CNCCc1cccc2cc(F)ccc12. The van der Waals surface area contributed by atoms with Gasteiger partial charge in [0.2, 0.25) is 0 Å². The van der Waals surface area contributed by atoms with E-state index >= 15 is 0 Å². The van der Waals surface area contributed by atoms with Gasteiger partial charge in [0.25, 0.3) is 0 Å². The lowest BCUT2D eigenvalue weighted by molar-refractivity contribution is 0.629. The zero-order valence-corrected chi connectivity index (χ0v) is 8.76. The number of benzene rings is 2. The molecule has 0 heterocycles. The van der Waals surface area contributed by atoms with Crippen LogP contribution in [0, 0.1) is 5.82 Å². The normalized spacial score (nSPS) is 10.8. The van der Waals surface area contributed by atoms with Gasteiger partial charge in [-0.2, -0.15) is 0 Å². The van der Waals surface area contributed by atoms with E-state index in [9.17, 15) is 4.39 Å². The van der Waals surface area contributed by atoms with E-state index in [0.717, 1.165) is 23.7 Å². The largest absolute Gasteiger partial charge is 0.319 e. The van der Waals surface area contributed by atoms with E-state index in [1.54, 1.807) is 6.07 Å². The molecule has 78 valence electrons. The van der Waals surface area contributed by atoms with E-state index in [2.05, 4.69) is 11.4 Å². The maximum atomic E-state index is 13.0. The highest BCUT2D eigenvalue weighted by Crippen LogP contribution is 2.20. The van der Waals surface area contributed by atoms with Crippen LogP contribution in [0.3, 0.4) is 0 Å². The summed E-state index contributed by atoms with van der Waals surface area (Å²) in [5, 5.41) is 5.24. The molecule has 15 heavy (non-hydrogen) atoms. The Labute approximate surface area is 88.9 Å². The lowest BCUT2D eigenvalue weighted by Gasteiger charge is -2.06. The second-order valence-electron chi connectivity index (χ2n) is 3.64. The van der Waals surface area contributed by atoms with Gasteiger partial charge in [0, 0.05) is 0 Å². The molecular weight excluding hydrogens is 189 g/mol. The third-order valence-corrected chi connectivity index (χ3v) is 2.58. The lowest BCUT2D eigenvalue weighted by Crippen LogP contribution is -2.10. The van der Waals surface area contributed by atoms with Gasteiger partial charge in [0.1, 0.15) is 5.82 Å². The van der Waals surface area contributed by atoms with Crippen molar-refractivity contribution in [2.24, 2.45) is 0 Å². The number of nitrogens with one attached hydrogen (secondary N) is 1. The molecule has 2 rings (SSSR count). The quantitative estimate of drug-likeness (QED) is 0.808. The van der Waals surface area contributed by atoms with Crippen molar-refractivity contribution in [1.29, 1.82) is 0 Å². The van der Waals surface area contributed by atoms with Crippen molar-refractivity contribution in [2.75, 3.05) is 13.6 Å². The molecule has 0 bridgehead atoms. The van der Waals surface area contributed by atoms with Crippen LogP contribution in [0.1, 0.15) is 5.56 Å². The summed E-state index contributed by atoms with van der Waals surface area (Å²) >= 11 is 0. The average molecular weight is 203 g/mol. The summed E-state index contributed by atoms with van der Waals surface area (Å²) in [4.78, 5) is 0. The second-order valence-corrected chi connectivity index (χ2v) is 3.64. The molecular formula is C13H14FN. The molecule has 2 heteroatoms. The van der Waals surface area contributed by atoms with Gasteiger partial charge in [-0.05, 0) is 48.5 Å². The molecule has 0 atom stereocenters. The van der Waals surface area contributed by atoms with Gasteiger partial charge in [0.15, 0.2) is 0 Å². The minimum atomic E-state index is -0.173. The maximum Gasteiger partial charge on any atom is 0.123 e. The maximum absolute atomic E-state index is 13.0. The molecule has 2 aromatic rings. The fraction of sp³-hybridized carbons (Fsp3) is 0.231. The van der Waals surface area contributed by atoms with E-state index in [0.29, 0.717) is 0 Å². The van der Waals surface area contributed by atoms with E-state index in [-0.39, 0.29) is 5.82 Å². The molecule has 0 aliphatic heterocycles. The van der Waals surface area contributed by atoms with Crippen molar-refractivity contribution in [3.8, 4) is 0 Å². The molecule has 0 aliphatic carbocycles. The topological polar surface area (TPSA) is 12.0 Å². The van der Waals surface area contributed by atoms with Crippen molar-refractivity contribution in [1.82, 2.24) is 5.32 Å². The Morgan fingerprint density at radius 3 is 2.87 bits per heavy atom. The molecule has 0 saturated carbocycles. The molecule has 0 aromatic heterocycles. The molecule has 0 fully saturated rings. The van der Waals surface area contributed by atoms with Crippen LogP contribution in [-0.2, 0) is 6.42 Å². The van der Waals surface area contributed by atoms with Gasteiger partial charge in [-0.15, -0.1) is 0 Å². The molecule has 0 unspecified atom stereocenters. The van der Waals surface area contributed by atoms with Crippen molar-refractivity contribution in [3.63, 3.8) is 0 Å². The first kappa shape index (κ1) is 10.1. The number of hydrogen-bond acceptors (Lipinski definition) is 1. The Morgan fingerprint density at radius 2 is 2.07 bits per heavy atom. The molecule has 0 radical (unpaired) electrons. The molecule has 2 aromatic carbocycles. The predicted octanol–water partition coefficient (Wildman–Crippen LogP) is 2.74. The second kappa shape index (κ2) is 4.41. The van der Waals surface area contributed by atoms with Crippen molar-refractivity contribution in [3.05, 3.63) is 47.8 Å². The lowest BCUT2D eigenvalue weighted by atomic mass is 10.0. The van der Waals surface area contributed by atoms with Gasteiger partial charge < -0.3 is 5.32 Å². The van der Waals surface area contributed by atoms with Gasteiger partial charge in [0.05, 0.1) is 0 Å². The smallest absolute Gasteiger partial charge is 0.123 e. The van der Waals surface area contributed by atoms with Gasteiger partial charge in [-0.25, -0.2) is 4.39 Å². The third kappa shape index (κ3) is 2.16. The Morgan fingerprint density at radius 1 is 1.20 bits per heavy atom. The Hall–Kier alpha value is -1.41. The molecule has 1 nitrogen and oxygen atoms in total. The minimum Gasteiger partial charge on any atom is -0.319 e. The Kier molecular flexibility index (Phi) is 2.97. The van der Waals surface area contributed by atoms with E-state index < -0.39 is 0 Å². The third-order valence-electron chi connectivity index (χ3n) is 2.58. The number of fused-ring (bicyclic) bond motifs is 1. The minimum absolute atomic E-state index is 0.173. The van der Waals surface area contributed by atoms with Crippen molar-refractivity contribution in [2.45, 2.75) is 6.42 Å². The molecule has 0 spiro atoms. The number of likely N-dealkylation sites (N-methyl/N-ethyl adjacent to an activating group) is 1. The summed E-state index contributed by atoms with van der Waals surface area (Å²) in [5.74, 6) is -0.173. The number of rotatable bonds is 3. The summed E-state index contributed by atoms with van der Waals surface area (Å²) in [5.41, 5.74) is 1.27. The first-order chi connectivity index (χ1) is 7.31. The van der Waals surface area contributed by atoms with Crippen LogP contribution in [0.5, 0.6) is 0 Å². The molecule has 1 N–H and O–H groups in total. The monoisotopic (exact) mass is 203 g/mol. The first-order valence-electron chi connectivity index (χ1n) is 5.13. The van der Waals surface area contributed by atoms with Gasteiger partial charge in [-0.1, -0.05) is 24.3 Å². The Balaban J connectivity index is 2.46. The summed E-state index contributed by atoms with van der Waals surface area (Å²) in [6, 6.07) is 11.0. The fourth-order valence-corrected chi connectivity index (χ4v) is 1.80. The van der Waals surface area contributed by atoms with Crippen LogP contribution in [0.15, 0.2) is 36.4 Å². The van der Waals surface area contributed by atoms with Crippen LogP contribution >= 0.6 is 0 Å². The summed E-state index contributed by atoms with van der Waals surface area (Å²) in [6.45, 7) is 0.941. The first-order valence-corrected chi connectivity index (χ1v) is 5.13. The average Bonchev–Trinajstić information content (AvgIpc) is 2.25. The van der Waals surface area contributed by atoms with Crippen LogP contribution in [0.25, 0.3) is 10.8 Å². The van der Waals surface area contributed by atoms with E-state index in [4.69, 9.17) is 0 Å². The van der Waals surface area contributed by atoms with E-state index in [1.807, 2.05) is 25.2 Å². The molecule has 0 aliphatic rings. The van der Waals surface area contributed by atoms with Crippen LogP contribution < -0.4 is 5.32 Å². The van der Waals surface area contributed by atoms with Crippen molar-refractivity contribution >= 4 is 10.8 Å². The van der Waals surface area contributed by atoms with Gasteiger partial charge >= 0.3 is 0 Å². The summed E-state index contributed by atoms with van der Waals surface area (Å²) in [7, 11) is 1.94. The fourth-order valence-electron chi connectivity index (χ4n) is 1.80. The van der Waals surface area contributed by atoms with E-state index in [1.165, 1.54) is 11.6 Å². The Bertz CT molecular complexity index is 465.